The Morgan fingerprint density at radius 2 is 1.52 bits per heavy atom. The number of carboxylic acid groups (broad SMARTS) is 1. The number of Topliss-reactive ketones (excluding diaryl/α,β-unsaturated/α-hetero) is 1. The molecule has 29 heavy (non-hydrogen) atoms. The number of anilines is 2. The lowest BCUT2D eigenvalue weighted by Gasteiger charge is -2.19. The van der Waals surface area contributed by atoms with E-state index in [2.05, 4.69) is 0 Å². The molecule has 0 aliphatic heterocycles. The van der Waals surface area contributed by atoms with Crippen LogP contribution in [0.5, 0.6) is 5.75 Å². The van der Waals surface area contributed by atoms with E-state index in [1.54, 1.807) is 48.5 Å². The Labute approximate surface area is 168 Å². The van der Waals surface area contributed by atoms with Gasteiger partial charge in [0.2, 0.25) is 10.9 Å². The lowest BCUT2D eigenvalue weighted by Crippen LogP contribution is -2.14. The fraction of sp³-hybridized carbons (Fsp3) is 0.0476. The average molecular weight is 411 g/mol. The maximum Gasteiger partial charge on any atom is 0.339 e. The summed E-state index contributed by atoms with van der Waals surface area (Å²) in [6.07, 6.45) is 0. The molecule has 0 atom stereocenters. The van der Waals surface area contributed by atoms with Gasteiger partial charge in [-0.2, -0.15) is 0 Å². The molecule has 0 amide bonds. The van der Waals surface area contributed by atoms with Gasteiger partial charge in [-0.25, -0.2) is 17.5 Å². The molecule has 0 aromatic heterocycles. The van der Waals surface area contributed by atoms with E-state index in [-0.39, 0.29) is 17.0 Å². The van der Waals surface area contributed by atoms with Crippen LogP contribution in [-0.2, 0) is 10.9 Å². The summed E-state index contributed by atoms with van der Waals surface area (Å²) in [6.45, 7) is 1.48. The SMILES string of the molecule is CC(=O)c1ccc(-c2cccc(N(c3ccc(C(=O)O)c(O)c3)[SH](=O)=O)c2)cc1. The van der Waals surface area contributed by atoms with Crippen LogP contribution >= 0.6 is 0 Å². The van der Waals surface area contributed by atoms with Gasteiger partial charge in [-0.15, -0.1) is 0 Å². The largest absolute Gasteiger partial charge is 0.507 e. The summed E-state index contributed by atoms with van der Waals surface area (Å²) in [5.41, 5.74) is 2.19. The van der Waals surface area contributed by atoms with Gasteiger partial charge in [-0.3, -0.25) is 4.79 Å². The highest BCUT2D eigenvalue weighted by atomic mass is 32.2. The molecular weight excluding hydrogens is 394 g/mol. The molecule has 7 nitrogen and oxygen atoms in total. The summed E-state index contributed by atoms with van der Waals surface area (Å²) in [7, 11) is -3.12. The third kappa shape index (κ3) is 4.27. The van der Waals surface area contributed by atoms with E-state index in [1.165, 1.54) is 13.0 Å². The third-order valence-electron chi connectivity index (χ3n) is 4.34. The third-order valence-corrected chi connectivity index (χ3v) is 5.12. The zero-order valence-corrected chi connectivity index (χ0v) is 16.2. The van der Waals surface area contributed by atoms with Crippen LogP contribution in [0.25, 0.3) is 11.1 Å². The second-order valence-corrected chi connectivity index (χ2v) is 7.12. The first-order valence-corrected chi connectivity index (χ1v) is 9.63. The molecule has 0 aliphatic carbocycles. The summed E-state index contributed by atoms with van der Waals surface area (Å²) in [5.74, 6) is -1.90. The van der Waals surface area contributed by atoms with Gasteiger partial charge >= 0.3 is 5.97 Å². The normalized spacial score (nSPS) is 10.7. The Hall–Kier alpha value is -3.65. The van der Waals surface area contributed by atoms with Crippen LogP contribution in [0.4, 0.5) is 11.4 Å². The first-order valence-electron chi connectivity index (χ1n) is 8.50. The Morgan fingerprint density at radius 1 is 0.862 bits per heavy atom. The van der Waals surface area contributed by atoms with E-state index in [1.807, 2.05) is 0 Å². The standard InChI is InChI=1S/C21H17NO6S/c1-13(23)14-5-7-15(8-6-14)16-3-2-4-17(11-16)22(29(27)28)18-9-10-19(21(25)26)20(24)12-18/h2-12,24,29H,1H3,(H,25,26). The number of nitrogens with zero attached hydrogens (tertiary/aromatic N) is 1. The fourth-order valence-corrected chi connectivity index (χ4v) is 3.51. The van der Waals surface area contributed by atoms with E-state index < -0.39 is 22.6 Å². The van der Waals surface area contributed by atoms with Crippen LogP contribution in [0.1, 0.15) is 27.6 Å². The minimum Gasteiger partial charge on any atom is -0.507 e. The molecule has 0 unspecified atom stereocenters. The topological polar surface area (TPSA) is 112 Å². The number of ketones is 1. The van der Waals surface area contributed by atoms with Gasteiger partial charge in [0.25, 0.3) is 0 Å². The molecule has 0 aliphatic rings. The second-order valence-electron chi connectivity index (χ2n) is 6.24. The van der Waals surface area contributed by atoms with Gasteiger partial charge in [0, 0.05) is 11.6 Å². The van der Waals surface area contributed by atoms with Crippen LogP contribution in [0.15, 0.2) is 66.7 Å². The molecule has 0 saturated heterocycles. The molecule has 0 heterocycles. The number of thiol groups is 1. The summed E-state index contributed by atoms with van der Waals surface area (Å²) < 4.78 is 24.8. The fourth-order valence-electron chi connectivity index (χ4n) is 2.88. The number of hydrogen-bond acceptors (Lipinski definition) is 5. The predicted octanol–water partition coefficient (Wildman–Crippen LogP) is 3.62. The molecule has 3 aromatic rings. The van der Waals surface area contributed by atoms with E-state index in [0.29, 0.717) is 11.3 Å². The Kier molecular flexibility index (Phi) is 5.65. The van der Waals surface area contributed by atoms with Gasteiger partial charge in [0.15, 0.2) is 5.78 Å². The van der Waals surface area contributed by atoms with Crippen molar-refractivity contribution >= 4 is 34.0 Å². The molecule has 0 bridgehead atoms. The number of hydrogen-bond donors (Lipinski definition) is 3. The minimum atomic E-state index is -3.12. The van der Waals surface area contributed by atoms with Crippen molar-refractivity contribution in [3.05, 3.63) is 77.9 Å². The average Bonchev–Trinajstić information content (AvgIpc) is 2.68. The van der Waals surface area contributed by atoms with Crippen LogP contribution < -0.4 is 4.31 Å². The van der Waals surface area contributed by atoms with Crippen molar-refractivity contribution in [1.29, 1.82) is 0 Å². The van der Waals surface area contributed by atoms with Gasteiger partial charge in [0.1, 0.15) is 11.3 Å². The monoisotopic (exact) mass is 411 g/mol. The number of rotatable bonds is 6. The molecule has 148 valence electrons. The summed E-state index contributed by atoms with van der Waals surface area (Å²) in [6, 6.07) is 17.2. The summed E-state index contributed by atoms with van der Waals surface area (Å²) in [5, 5.41) is 18.9. The zero-order chi connectivity index (χ0) is 21.1. The van der Waals surface area contributed by atoms with Crippen LogP contribution in [0.2, 0.25) is 0 Å². The number of benzene rings is 3. The highest BCUT2D eigenvalue weighted by Crippen LogP contribution is 2.33. The van der Waals surface area contributed by atoms with E-state index in [0.717, 1.165) is 27.6 Å². The molecule has 0 saturated carbocycles. The molecule has 3 aromatic carbocycles. The van der Waals surface area contributed by atoms with Gasteiger partial charge in [-0.05, 0) is 42.3 Å². The van der Waals surface area contributed by atoms with Gasteiger partial charge in [0.05, 0.1) is 11.4 Å². The Morgan fingerprint density at radius 3 is 2.07 bits per heavy atom. The van der Waals surface area contributed by atoms with Crippen molar-refractivity contribution in [2.75, 3.05) is 4.31 Å². The Balaban J connectivity index is 2.03. The van der Waals surface area contributed by atoms with Crippen molar-refractivity contribution in [1.82, 2.24) is 0 Å². The smallest absolute Gasteiger partial charge is 0.339 e. The number of carbonyl (C=O) groups is 2. The highest BCUT2D eigenvalue weighted by molar-refractivity contribution is 7.74. The number of aromatic hydroxyl groups is 1. The maximum atomic E-state index is 11.9. The molecule has 0 fully saturated rings. The number of carbonyl (C=O) groups excluding carboxylic acids is 1. The number of aromatic carboxylic acids is 1. The minimum absolute atomic E-state index is 0.0514. The molecule has 0 radical (unpaired) electrons. The second kappa shape index (κ2) is 8.15. The van der Waals surface area contributed by atoms with Crippen LogP contribution in [0.3, 0.4) is 0 Å². The van der Waals surface area contributed by atoms with Crippen LogP contribution in [-0.4, -0.2) is 30.4 Å². The number of carboxylic acids is 1. The first kappa shape index (κ1) is 20.1. The number of phenols is 1. The lowest BCUT2D eigenvalue weighted by atomic mass is 10.0. The van der Waals surface area contributed by atoms with Gasteiger partial charge < -0.3 is 10.2 Å². The highest BCUT2D eigenvalue weighted by Gasteiger charge is 2.17. The van der Waals surface area contributed by atoms with Crippen molar-refractivity contribution in [3.8, 4) is 16.9 Å². The van der Waals surface area contributed by atoms with Gasteiger partial charge in [-0.1, -0.05) is 36.4 Å². The quantitative estimate of drug-likeness (QED) is 0.422. The van der Waals surface area contributed by atoms with Crippen molar-refractivity contribution in [3.63, 3.8) is 0 Å². The predicted molar refractivity (Wildman–Crippen MR) is 109 cm³/mol. The summed E-state index contributed by atoms with van der Waals surface area (Å²) in [4.78, 5) is 22.5. The molecule has 3 rings (SSSR count). The zero-order valence-electron chi connectivity index (χ0n) is 15.3. The van der Waals surface area contributed by atoms with Crippen LogP contribution in [0, 0.1) is 0 Å². The summed E-state index contributed by atoms with van der Waals surface area (Å²) >= 11 is 0. The van der Waals surface area contributed by atoms with Crippen molar-refractivity contribution in [2.24, 2.45) is 0 Å². The van der Waals surface area contributed by atoms with E-state index >= 15 is 0 Å². The Bertz CT molecular complexity index is 1160. The van der Waals surface area contributed by atoms with Crippen molar-refractivity contribution < 1.29 is 28.2 Å². The molecule has 0 spiro atoms. The molecular formula is C21H17NO6S. The lowest BCUT2D eigenvalue weighted by molar-refractivity contribution is 0.0693. The first-order chi connectivity index (χ1) is 13.8. The molecule has 2 N–H and O–H groups in total. The maximum absolute atomic E-state index is 11.9. The van der Waals surface area contributed by atoms with E-state index in [4.69, 9.17) is 5.11 Å². The molecule has 8 heteroatoms. The van der Waals surface area contributed by atoms with Crippen molar-refractivity contribution in [2.45, 2.75) is 6.92 Å². The van der Waals surface area contributed by atoms with E-state index in [9.17, 15) is 23.1 Å².